The molecule has 0 saturated carbocycles. The lowest BCUT2D eigenvalue weighted by atomic mass is 9.99. The van der Waals surface area contributed by atoms with Crippen LogP contribution in [0, 0.1) is 5.82 Å². The maximum Gasteiger partial charge on any atom is 0.320 e. The van der Waals surface area contributed by atoms with E-state index < -0.39 is 36.8 Å². The van der Waals surface area contributed by atoms with Crippen LogP contribution in [0.25, 0.3) is 27.8 Å². The molecule has 2 N–H and O–H groups in total. The van der Waals surface area contributed by atoms with Gasteiger partial charge in [0.1, 0.15) is 17.6 Å². The third-order valence-electron chi connectivity index (χ3n) is 8.02. The fourth-order valence-corrected chi connectivity index (χ4v) is 6.03. The predicted octanol–water partition coefficient (Wildman–Crippen LogP) is 3.11. The van der Waals surface area contributed by atoms with E-state index in [-0.39, 0.29) is 32.0 Å². The molecule has 7 rings (SSSR count). The second-order valence-corrected chi connectivity index (χ2v) is 10.5. The minimum absolute atomic E-state index is 0.0604. The SMILES string of the molecule is O=C1CNC(c2cnc3ccccn23)=C1c1cn2c3c(cc(F)cc13)CN(C(=O)N1CCC(F)(F)C(O)C1)CC2. The Hall–Kier alpha value is -4.32. The van der Waals surface area contributed by atoms with Crippen LogP contribution in [-0.4, -0.2) is 78.9 Å². The molecule has 1 aromatic carbocycles. The molecular formula is C28H25F3N6O3. The van der Waals surface area contributed by atoms with Crippen molar-refractivity contribution in [1.29, 1.82) is 0 Å². The van der Waals surface area contributed by atoms with Crippen LogP contribution in [0.2, 0.25) is 0 Å². The number of piperidine rings is 1. The summed E-state index contributed by atoms with van der Waals surface area (Å²) in [5, 5.41) is 13.6. The second-order valence-electron chi connectivity index (χ2n) is 10.5. The molecule has 40 heavy (non-hydrogen) atoms. The number of benzene rings is 1. The van der Waals surface area contributed by atoms with Crippen molar-refractivity contribution in [3.8, 4) is 0 Å². The van der Waals surface area contributed by atoms with Gasteiger partial charge in [-0.15, -0.1) is 0 Å². The third kappa shape index (κ3) is 3.77. The van der Waals surface area contributed by atoms with Crippen LogP contribution in [0.4, 0.5) is 18.0 Å². The minimum atomic E-state index is -3.23. The van der Waals surface area contributed by atoms with Gasteiger partial charge < -0.3 is 24.8 Å². The molecule has 6 heterocycles. The fraction of sp³-hybridized carbons (Fsp3) is 0.321. The number of β-amino-alcohol motifs (C(OH)–C–C–N with tert-alkyl or cyclic N) is 1. The number of nitrogens with one attached hydrogen (secondary N) is 1. The van der Waals surface area contributed by atoms with Crippen molar-refractivity contribution in [3.05, 3.63) is 71.6 Å². The maximum atomic E-state index is 15.0. The Kier molecular flexibility index (Phi) is 5.46. The van der Waals surface area contributed by atoms with Crippen molar-refractivity contribution in [1.82, 2.24) is 29.1 Å². The standard InChI is InChI=1S/C28H25F3N6O3/c29-17-9-16-13-36(27(40)35-6-4-28(30,31)22(39)15-35)8-7-34-14-19(18(10-17)26(16)34)24-21(38)12-33-25(24)20-11-32-23-3-1-2-5-37(20)23/h1-3,5,9-11,14,22,33,39H,4,6-8,12-13,15H2. The number of carbonyl (C=O) groups is 2. The van der Waals surface area contributed by atoms with Crippen molar-refractivity contribution < 1.29 is 27.9 Å². The number of pyridine rings is 1. The molecule has 0 bridgehead atoms. The Labute approximate surface area is 226 Å². The summed E-state index contributed by atoms with van der Waals surface area (Å²) in [7, 11) is 0. The molecule has 9 nitrogen and oxygen atoms in total. The summed E-state index contributed by atoms with van der Waals surface area (Å²) in [6, 6.07) is 7.89. The molecule has 0 aliphatic carbocycles. The molecule has 3 aliphatic rings. The monoisotopic (exact) mass is 550 g/mol. The molecule has 4 aromatic rings. The highest BCUT2D eigenvalue weighted by Crippen LogP contribution is 2.38. The number of hydrogen-bond donors (Lipinski definition) is 2. The number of aliphatic hydroxyl groups is 1. The van der Waals surface area contributed by atoms with E-state index in [0.29, 0.717) is 45.5 Å². The van der Waals surface area contributed by atoms with Crippen molar-refractivity contribution in [2.24, 2.45) is 0 Å². The number of rotatable bonds is 2. The van der Waals surface area contributed by atoms with Gasteiger partial charge in [-0.1, -0.05) is 6.07 Å². The van der Waals surface area contributed by atoms with Crippen molar-refractivity contribution >= 4 is 39.6 Å². The third-order valence-corrected chi connectivity index (χ3v) is 8.02. The number of urea groups is 1. The minimum Gasteiger partial charge on any atom is -0.385 e. The number of amides is 2. The Balaban J connectivity index is 1.29. The number of alkyl halides is 2. The molecular weight excluding hydrogens is 525 g/mol. The van der Waals surface area contributed by atoms with Gasteiger partial charge in [-0.2, -0.15) is 0 Å². The van der Waals surface area contributed by atoms with Crippen molar-refractivity contribution in [2.45, 2.75) is 31.5 Å². The van der Waals surface area contributed by atoms with Crippen molar-refractivity contribution in [3.63, 3.8) is 0 Å². The van der Waals surface area contributed by atoms with Crippen LogP contribution in [0.1, 0.15) is 23.2 Å². The van der Waals surface area contributed by atoms with E-state index in [1.807, 2.05) is 39.6 Å². The molecule has 3 aliphatic heterocycles. The van der Waals surface area contributed by atoms with Crippen LogP contribution in [0.5, 0.6) is 0 Å². The Morgan fingerprint density at radius 1 is 1.15 bits per heavy atom. The summed E-state index contributed by atoms with van der Waals surface area (Å²) in [5.41, 5.74) is 4.35. The summed E-state index contributed by atoms with van der Waals surface area (Å²) in [5.74, 6) is -3.87. The fourth-order valence-electron chi connectivity index (χ4n) is 6.03. The van der Waals surface area contributed by atoms with E-state index >= 15 is 4.39 Å². The summed E-state index contributed by atoms with van der Waals surface area (Å²) in [6.07, 6.45) is 2.83. The molecule has 12 heteroatoms. The lowest BCUT2D eigenvalue weighted by Gasteiger charge is -2.38. The maximum absolute atomic E-state index is 15.0. The molecule has 1 atom stereocenters. The zero-order chi connectivity index (χ0) is 27.8. The molecule has 3 aromatic heterocycles. The van der Waals surface area contributed by atoms with Gasteiger partial charge in [-0.05, 0) is 29.8 Å². The van der Waals surface area contributed by atoms with E-state index in [2.05, 4.69) is 10.3 Å². The Morgan fingerprint density at radius 3 is 2.83 bits per heavy atom. The summed E-state index contributed by atoms with van der Waals surface area (Å²) < 4.78 is 46.4. The first kappa shape index (κ1) is 24.7. The predicted molar refractivity (Wildman–Crippen MR) is 140 cm³/mol. The topological polar surface area (TPSA) is 95.1 Å². The van der Waals surface area contributed by atoms with E-state index in [1.165, 1.54) is 21.9 Å². The van der Waals surface area contributed by atoms with E-state index in [4.69, 9.17) is 0 Å². The number of hydrogen-bond acceptors (Lipinski definition) is 5. The Morgan fingerprint density at radius 2 is 2.00 bits per heavy atom. The normalized spacial score (nSPS) is 20.9. The number of carbonyl (C=O) groups excluding carboxylic acids is 2. The van der Waals surface area contributed by atoms with Crippen molar-refractivity contribution in [2.75, 3.05) is 26.2 Å². The van der Waals surface area contributed by atoms with Gasteiger partial charge in [0.25, 0.3) is 5.92 Å². The second kappa shape index (κ2) is 8.85. The quantitative estimate of drug-likeness (QED) is 0.400. The van der Waals surface area contributed by atoms with Crippen LogP contribution in [0.3, 0.4) is 0 Å². The Bertz CT molecular complexity index is 1740. The molecule has 1 saturated heterocycles. The van der Waals surface area contributed by atoms with E-state index in [9.17, 15) is 23.5 Å². The van der Waals surface area contributed by atoms with Crippen LogP contribution >= 0.6 is 0 Å². The van der Waals surface area contributed by atoms with Crippen LogP contribution in [0.15, 0.2) is 48.9 Å². The van der Waals surface area contributed by atoms with E-state index in [0.717, 1.165) is 5.65 Å². The molecule has 1 fully saturated rings. The summed E-state index contributed by atoms with van der Waals surface area (Å²) in [4.78, 5) is 33.6. The number of fused-ring (bicyclic) bond motifs is 1. The van der Waals surface area contributed by atoms with Gasteiger partial charge in [0, 0.05) is 55.9 Å². The zero-order valence-corrected chi connectivity index (χ0v) is 21.3. The molecule has 0 spiro atoms. The highest BCUT2D eigenvalue weighted by atomic mass is 19.3. The van der Waals surface area contributed by atoms with Gasteiger partial charge >= 0.3 is 6.03 Å². The molecule has 206 valence electrons. The molecule has 1 unspecified atom stereocenters. The van der Waals surface area contributed by atoms with Crippen LogP contribution in [-0.2, 0) is 17.9 Å². The van der Waals surface area contributed by atoms with Gasteiger partial charge in [-0.25, -0.2) is 22.9 Å². The summed E-state index contributed by atoms with van der Waals surface area (Å²) in [6.45, 7) is 0.115. The average molecular weight is 551 g/mol. The highest BCUT2D eigenvalue weighted by Gasteiger charge is 2.45. The number of nitrogens with zero attached hydrogens (tertiary/aromatic N) is 5. The highest BCUT2D eigenvalue weighted by molar-refractivity contribution is 6.33. The van der Waals surface area contributed by atoms with Crippen LogP contribution < -0.4 is 5.32 Å². The number of aliphatic hydroxyl groups excluding tert-OH is 1. The number of Topliss-reactive ketones (excluding diaryl/α,β-unsaturated/α-hetero) is 1. The smallest absolute Gasteiger partial charge is 0.320 e. The first-order valence-corrected chi connectivity index (χ1v) is 13.1. The number of likely N-dealkylation sites (tertiary alicyclic amines) is 1. The largest absolute Gasteiger partial charge is 0.385 e. The first-order valence-electron chi connectivity index (χ1n) is 13.1. The van der Waals surface area contributed by atoms with Gasteiger partial charge in [0.2, 0.25) is 0 Å². The molecule has 2 amide bonds. The number of imidazole rings is 1. The van der Waals surface area contributed by atoms with E-state index in [1.54, 1.807) is 6.20 Å². The molecule has 0 radical (unpaired) electrons. The van der Waals surface area contributed by atoms with Gasteiger partial charge in [0.05, 0.1) is 41.8 Å². The first-order chi connectivity index (χ1) is 19.2. The number of aromatic nitrogens is 3. The van der Waals surface area contributed by atoms with Gasteiger partial charge in [-0.3, -0.25) is 9.20 Å². The zero-order valence-electron chi connectivity index (χ0n) is 21.3. The lowest BCUT2D eigenvalue weighted by Crippen LogP contribution is -2.55. The lowest BCUT2D eigenvalue weighted by molar-refractivity contribution is -0.141. The average Bonchev–Trinajstić information content (AvgIpc) is 3.58. The number of ketones is 1. The summed E-state index contributed by atoms with van der Waals surface area (Å²) >= 11 is 0. The number of halogens is 3. The van der Waals surface area contributed by atoms with Gasteiger partial charge in [0.15, 0.2) is 5.78 Å².